The monoisotopic (exact) mass is 266 g/mol. The van der Waals surface area contributed by atoms with Gasteiger partial charge in [-0.2, -0.15) is 0 Å². The lowest BCUT2D eigenvalue weighted by Crippen LogP contribution is -2.22. The Hall–Kier alpha value is -1.42. The summed E-state index contributed by atoms with van der Waals surface area (Å²) in [7, 11) is 0. The number of halogens is 1. The third-order valence-corrected chi connectivity index (χ3v) is 3.20. The van der Waals surface area contributed by atoms with E-state index in [-0.39, 0.29) is 23.7 Å². The summed E-state index contributed by atoms with van der Waals surface area (Å²) in [4.78, 5) is 12.0. The van der Waals surface area contributed by atoms with Gasteiger partial charge in [0.1, 0.15) is 5.82 Å². The summed E-state index contributed by atoms with van der Waals surface area (Å²) in [6.45, 7) is 5.68. The van der Waals surface area contributed by atoms with Gasteiger partial charge in [-0.25, -0.2) is 4.39 Å². The van der Waals surface area contributed by atoms with Gasteiger partial charge in [0.25, 0.3) is 0 Å². The predicted molar refractivity (Wildman–Crippen MR) is 76.4 cm³/mol. The maximum Gasteiger partial charge on any atom is 0.227 e. The van der Waals surface area contributed by atoms with Crippen LogP contribution >= 0.6 is 0 Å². The minimum absolute atomic E-state index is 0.0709. The molecular weight excluding hydrogens is 243 g/mol. The molecule has 106 valence electrons. The molecule has 1 rings (SSSR count). The van der Waals surface area contributed by atoms with Gasteiger partial charge in [0.05, 0.1) is 0 Å². The Morgan fingerprint density at radius 3 is 2.68 bits per heavy atom. The average Bonchev–Trinajstić information content (AvgIpc) is 2.33. The number of aryl methyl sites for hydroxylation is 1. The normalized spacial score (nSPS) is 13.9. The number of benzene rings is 1. The predicted octanol–water partition coefficient (Wildman–Crippen LogP) is 3.23. The maximum absolute atomic E-state index is 13.1. The largest absolute Gasteiger partial charge is 0.328 e. The molecule has 3 N–H and O–H groups in total. The van der Waals surface area contributed by atoms with E-state index in [0.29, 0.717) is 5.69 Å². The summed E-state index contributed by atoms with van der Waals surface area (Å²) in [6, 6.07) is 4.56. The highest BCUT2D eigenvalue weighted by molar-refractivity contribution is 5.92. The molecule has 0 heterocycles. The third-order valence-electron chi connectivity index (χ3n) is 3.20. The molecule has 1 aromatic carbocycles. The van der Waals surface area contributed by atoms with Crippen LogP contribution in [0.25, 0.3) is 0 Å². The van der Waals surface area contributed by atoms with Crippen LogP contribution in [0.1, 0.15) is 38.7 Å². The number of carbonyl (C=O) groups is 1. The van der Waals surface area contributed by atoms with E-state index in [1.165, 1.54) is 12.1 Å². The standard InChI is InChI=1S/C15H23FN2O/c1-10-7-8-13(16)9-14(10)18-15(19)11(2)5-4-6-12(3)17/h7-9,11-12H,4-6,17H2,1-3H3,(H,18,19). The van der Waals surface area contributed by atoms with Gasteiger partial charge in [-0.3, -0.25) is 4.79 Å². The molecule has 0 bridgehead atoms. The third kappa shape index (κ3) is 5.39. The van der Waals surface area contributed by atoms with Crippen LogP contribution in [0, 0.1) is 18.7 Å². The Morgan fingerprint density at radius 1 is 1.37 bits per heavy atom. The van der Waals surface area contributed by atoms with Crippen molar-refractivity contribution in [3.8, 4) is 0 Å². The number of amides is 1. The van der Waals surface area contributed by atoms with Crippen LogP contribution in [0.5, 0.6) is 0 Å². The zero-order valence-corrected chi connectivity index (χ0v) is 11.9. The SMILES string of the molecule is Cc1ccc(F)cc1NC(=O)C(C)CCCC(C)N. The van der Waals surface area contributed by atoms with E-state index in [2.05, 4.69) is 5.32 Å². The Balaban J connectivity index is 2.51. The molecule has 1 amide bonds. The van der Waals surface area contributed by atoms with Crippen LogP contribution in [-0.2, 0) is 4.79 Å². The highest BCUT2D eigenvalue weighted by atomic mass is 19.1. The first-order chi connectivity index (χ1) is 8.90. The molecule has 0 aliphatic rings. The average molecular weight is 266 g/mol. The van der Waals surface area contributed by atoms with Gasteiger partial charge in [-0.1, -0.05) is 19.4 Å². The van der Waals surface area contributed by atoms with Gasteiger partial charge >= 0.3 is 0 Å². The van der Waals surface area contributed by atoms with E-state index in [1.807, 2.05) is 20.8 Å². The molecule has 3 nitrogen and oxygen atoms in total. The van der Waals surface area contributed by atoms with Crippen LogP contribution < -0.4 is 11.1 Å². The van der Waals surface area contributed by atoms with Gasteiger partial charge in [0.2, 0.25) is 5.91 Å². The van der Waals surface area contributed by atoms with Crippen molar-refractivity contribution in [2.45, 2.75) is 46.1 Å². The number of hydrogen-bond donors (Lipinski definition) is 2. The number of nitrogens with two attached hydrogens (primary N) is 1. The molecule has 0 aliphatic carbocycles. The molecule has 0 aromatic heterocycles. The van der Waals surface area contributed by atoms with Crippen molar-refractivity contribution in [3.05, 3.63) is 29.6 Å². The summed E-state index contributed by atoms with van der Waals surface area (Å²) in [5, 5.41) is 2.78. The fraction of sp³-hybridized carbons (Fsp3) is 0.533. The summed E-state index contributed by atoms with van der Waals surface area (Å²) in [5.74, 6) is -0.509. The second-order valence-corrected chi connectivity index (χ2v) is 5.26. The molecule has 1 aromatic rings. The molecule has 0 saturated heterocycles. The molecule has 0 spiro atoms. The van der Waals surface area contributed by atoms with Gasteiger partial charge in [0, 0.05) is 17.6 Å². The van der Waals surface area contributed by atoms with Crippen LogP contribution in [-0.4, -0.2) is 11.9 Å². The van der Waals surface area contributed by atoms with Crippen molar-refractivity contribution in [2.24, 2.45) is 11.7 Å². The number of hydrogen-bond acceptors (Lipinski definition) is 2. The van der Waals surface area contributed by atoms with Gasteiger partial charge in [-0.05, 0) is 44.4 Å². The molecule has 4 heteroatoms. The summed E-state index contributed by atoms with van der Waals surface area (Å²) >= 11 is 0. The second kappa shape index (κ2) is 7.24. The Kier molecular flexibility index (Phi) is 5.96. The van der Waals surface area contributed by atoms with E-state index in [9.17, 15) is 9.18 Å². The Morgan fingerprint density at radius 2 is 2.05 bits per heavy atom. The van der Waals surface area contributed by atoms with Crippen LogP contribution in [0.3, 0.4) is 0 Å². The lowest BCUT2D eigenvalue weighted by atomic mass is 10.0. The van der Waals surface area contributed by atoms with Crippen molar-refractivity contribution in [1.29, 1.82) is 0 Å². The van der Waals surface area contributed by atoms with Crippen LogP contribution in [0.4, 0.5) is 10.1 Å². The summed E-state index contributed by atoms with van der Waals surface area (Å²) in [5.41, 5.74) is 7.08. The zero-order valence-electron chi connectivity index (χ0n) is 11.9. The maximum atomic E-state index is 13.1. The van der Waals surface area contributed by atoms with Crippen LogP contribution in [0.15, 0.2) is 18.2 Å². The van der Waals surface area contributed by atoms with Crippen molar-refractivity contribution in [3.63, 3.8) is 0 Å². The minimum atomic E-state index is -0.342. The summed E-state index contributed by atoms with van der Waals surface area (Å²) < 4.78 is 13.1. The van der Waals surface area contributed by atoms with Crippen LogP contribution in [0.2, 0.25) is 0 Å². The number of carbonyl (C=O) groups excluding carboxylic acids is 1. The lowest BCUT2D eigenvalue weighted by Gasteiger charge is -2.14. The van der Waals surface area contributed by atoms with Crippen molar-refractivity contribution in [2.75, 3.05) is 5.32 Å². The molecule has 2 atom stereocenters. The first-order valence-electron chi connectivity index (χ1n) is 6.72. The quantitative estimate of drug-likeness (QED) is 0.830. The molecule has 0 aliphatic heterocycles. The number of anilines is 1. The number of rotatable bonds is 6. The zero-order chi connectivity index (χ0) is 14.4. The van der Waals surface area contributed by atoms with Crippen molar-refractivity contribution < 1.29 is 9.18 Å². The van der Waals surface area contributed by atoms with Crippen molar-refractivity contribution in [1.82, 2.24) is 0 Å². The molecule has 2 unspecified atom stereocenters. The van der Waals surface area contributed by atoms with E-state index >= 15 is 0 Å². The Labute approximate surface area is 114 Å². The van der Waals surface area contributed by atoms with E-state index in [0.717, 1.165) is 24.8 Å². The molecule has 0 radical (unpaired) electrons. The lowest BCUT2D eigenvalue weighted by molar-refractivity contribution is -0.119. The first-order valence-corrected chi connectivity index (χ1v) is 6.72. The highest BCUT2D eigenvalue weighted by Crippen LogP contribution is 2.18. The molecular formula is C15H23FN2O. The smallest absolute Gasteiger partial charge is 0.227 e. The van der Waals surface area contributed by atoms with Gasteiger partial charge < -0.3 is 11.1 Å². The first kappa shape index (κ1) is 15.6. The fourth-order valence-corrected chi connectivity index (χ4v) is 1.86. The van der Waals surface area contributed by atoms with Gasteiger partial charge in [0.15, 0.2) is 0 Å². The molecule has 0 saturated carbocycles. The van der Waals surface area contributed by atoms with E-state index < -0.39 is 0 Å². The second-order valence-electron chi connectivity index (χ2n) is 5.26. The van der Waals surface area contributed by atoms with E-state index in [4.69, 9.17) is 5.73 Å². The van der Waals surface area contributed by atoms with E-state index in [1.54, 1.807) is 6.07 Å². The number of nitrogens with one attached hydrogen (secondary N) is 1. The minimum Gasteiger partial charge on any atom is -0.328 e. The summed E-state index contributed by atoms with van der Waals surface area (Å²) in [6.07, 6.45) is 2.63. The fourth-order valence-electron chi connectivity index (χ4n) is 1.86. The molecule has 0 fully saturated rings. The topological polar surface area (TPSA) is 55.1 Å². The highest BCUT2D eigenvalue weighted by Gasteiger charge is 2.14. The Bertz CT molecular complexity index is 432. The molecule has 19 heavy (non-hydrogen) atoms. The van der Waals surface area contributed by atoms with Gasteiger partial charge in [-0.15, -0.1) is 0 Å². The van der Waals surface area contributed by atoms with Crippen molar-refractivity contribution >= 4 is 11.6 Å².